The Balaban J connectivity index is 3.38. The van der Waals surface area contributed by atoms with Crippen molar-refractivity contribution in [1.82, 2.24) is 0 Å². The van der Waals surface area contributed by atoms with E-state index in [0.29, 0.717) is 17.9 Å². The molecule has 0 saturated heterocycles. The average molecular weight is 283 g/mol. The molecule has 0 aliphatic rings. The molecule has 0 fully saturated rings. The van der Waals surface area contributed by atoms with E-state index < -0.39 is 10.1 Å². The van der Waals surface area contributed by atoms with Crippen LogP contribution in [0.4, 0.5) is 0 Å². The average Bonchev–Trinajstić information content (AvgIpc) is 2.07. The normalized spacial score (nSPS) is 12.1. The SMILES string of the molecule is CC(C)Cc1cc(Cl)cc(S(=O)(=O)O)c1Cl. The lowest BCUT2D eigenvalue weighted by Gasteiger charge is -2.10. The van der Waals surface area contributed by atoms with Crippen LogP contribution in [-0.4, -0.2) is 13.0 Å². The van der Waals surface area contributed by atoms with Crippen LogP contribution in [0.3, 0.4) is 0 Å². The zero-order valence-electron chi connectivity index (χ0n) is 8.87. The molecule has 1 aromatic rings. The first kappa shape index (κ1) is 13.8. The third-order valence-electron chi connectivity index (χ3n) is 1.99. The lowest BCUT2D eigenvalue weighted by molar-refractivity contribution is 0.483. The Hall–Kier alpha value is -0.290. The van der Waals surface area contributed by atoms with E-state index in [1.165, 1.54) is 0 Å². The summed E-state index contributed by atoms with van der Waals surface area (Å²) in [5.74, 6) is 0.310. The molecule has 0 aliphatic carbocycles. The first-order valence-corrected chi connectivity index (χ1v) is 6.87. The molecule has 6 heteroatoms. The van der Waals surface area contributed by atoms with Crippen molar-refractivity contribution in [1.29, 1.82) is 0 Å². The molecule has 0 aromatic heterocycles. The molecule has 0 heterocycles. The van der Waals surface area contributed by atoms with Gasteiger partial charge in [0.25, 0.3) is 10.1 Å². The summed E-state index contributed by atoms with van der Waals surface area (Å²) in [5, 5.41) is 0.285. The Labute approximate surface area is 105 Å². The highest BCUT2D eigenvalue weighted by atomic mass is 35.5. The van der Waals surface area contributed by atoms with Gasteiger partial charge in [0.15, 0.2) is 0 Å². The summed E-state index contributed by atoms with van der Waals surface area (Å²) in [6.07, 6.45) is 0.599. The van der Waals surface area contributed by atoms with Crippen LogP contribution >= 0.6 is 23.2 Å². The molecule has 0 radical (unpaired) electrons. The molecule has 90 valence electrons. The van der Waals surface area contributed by atoms with Crippen molar-refractivity contribution in [3.8, 4) is 0 Å². The van der Waals surface area contributed by atoms with E-state index in [1.54, 1.807) is 6.07 Å². The molecule has 1 N–H and O–H groups in total. The largest absolute Gasteiger partial charge is 0.296 e. The summed E-state index contributed by atoms with van der Waals surface area (Å²) in [6, 6.07) is 2.75. The van der Waals surface area contributed by atoms with Gasteiger partial charge in [-0.05, 0) is 30.0 Å². The Morgan fingerprint density at radius 1 is 1.31 bits per heavy atom. The molecule has 0 unspecified atom stereocenters. The molecule has 3 nitrogen and oxygen atoms in total. The molecular formula is C10H12Cl2O3S. The fourth-order valence-corrected chi connectivity index (χ4v) is 2.81. The lowest BCUT2D eigenvalue weighted by atomic mass is 10.0. The minimum Gasteiger partial charge on any atom is -0.282 e. The van der Waals surface area contributed by atoms with E-state index in [9.17, 15) is 8.42 Å². The Bertz CT molecular complexity index is 495. The Morgan fingerprint density at radius 3 is 2.31 bits per heavy atom. The molecule has 16 heavy (non-hydrogen) atoms. The van der Waals surface area contributed by atoms with E-state index >= 15 is 0 Å². The van der Waals surface area contributed by atoms with Gasteiger partial charge in [-0.15, -0.1) is 0 Å². The molecule has 1 rings (SSSR count). The van der Waals surface area contributed by atoms with Crippen LogP contribution in [0, 0.1) is 5.92 Å². The summed E-state index contributed by atoms with van der Waals surface area (Å²) < 4.78 is 31.1. The summed E-state index contributed by atoms with van der Waals surface area (Å²) in [6.45, 7) is 3.95. The molecule has 0 aliphatic heterocycles. The summed E-state index contributed by atoms with van der Waals surface area (Å²) in [7, 11) is -4.33. The van der Waals surface area contributed by atoms with E-state index in [0.717, 1.165) is 6.07 Å². The fraction of sp³-hybridized carbons (Fsp3) is 0.400. The summed E-state index contributed by atoms with van der Waals surface area (Å²) in [4.78, 5) is -0.336. The maximum atomic E-state index is 11.1. The zero-order valence-corrected chi connectivity index (χ0v) is 11.2. The topological polar surface area (TPSA) is 54.4 Å². The second kappa shape index (κ2) is 4.92. The second-order valence-corrected chi connectivity index (χ2v) is 6.15. The second-order valence-electron chi connectivity index (χ2n) is 3.95. The highest BCUT2D eigenvalue weighted by Gasteiger charge is 2.18. The molecule has 0 spiro atoms. The van der Waals surface area contributed by atoms with Crippen LogP contribution in [0.2, 0.25) is 10.0 Å². The van der Waals surface area contributed by atoms with Gasteiger partial charge >= 0.3 is 0 Å². The van der Waals surface area contributed by atoms with Crippen LogP contribution in [0.25, 0.3) is 0 Å². The van der Waals surface area contributed by atoms with Gasteiger partial charge < -0.3 is 0 Å². The van der Waals surface area contributed by atoms with Gasteiger partial charge in [0.2, 0.25) is 0 Å². The van der Waals surface area contributed by atoms with E-state index in [2.05, 4.69) is 0 Å². The van der Waals surface area contributed by atoms with Crippen LogP contribution in [-0.2, 0) is 16.5 Å². The zero-order chi connectivity index (χ0) is 12.5. The minimum absolute atomic E-state index is 0.0422. The van der Waals surface area contributed by atoms with Gasteiger partial charge in [0, 0.05) is 5.02 Å². The van der Waals surface area contributed by atoms with Crippen LogP contribution in [0.15, 0.2) is 17.0 Å². The van der Waals surface area contributed by atoms with Gasteiger partial charge in [0.05, 0.1) is 5.02 Å². The van der Waals surface area contributed by atoms with Crippen LogP contribution in [0.5, 0.6) is 0 Å². The summed E-state index contributed by atoms with van der Waals surface area (Å²) >= 11 is 11.7. The van der Waals surface area contributed by atoms with Crippen molar-refractivity contribution < 1.29 is 13.0 Å². The Kier molecular flexibility index (Phi) is 4.23. The third kappa shape index (κ3) is 3.35. The molecule has 0 amide bonds. The number of hydrogen-bond donors (Lipinski definition) is 1. The number of hydrogen-bond acceptors (Lipinski definition) is 2. The van der Waals surface area contributed by atoms with E-state index in [1.807, 2.05) is 13.8 Å². The first-order chi connectivity index (χ1) is 7.21. The van der Waals surface area contributed by atoms with E-state index in [-0.39, 0.29) is 14.9 Å². The number of benzene rings is 1. The fourth-order valence-electron chi connectivity index (χ4n) is 1.39. The maximum Gasteiger partial charge on any atom is 0.296 e. The molecule has 0 bridgehead atoms. The van der Waals surface area contributed by atoms with E-state index in [4.69, 9.17) is 27.8 Å². The molecular weight excluding hydrogens is 271 g/mol. The van der Waals surface area contributed by atoms with Gasteiger partial charge in [-0.1, -0.05) is 37.0 Å². The number of halogens is 2. The molecule has 0 saturated carbocycles. The monoisotopic (exact) mass is 282 g/mol. The first-order valence-electron chi connectivity index (χ1n) is 4.67. The van der Waals surface area contributed by atoms with Crippen molar-refractivity contribution in [2.75, 3.05) is 0 Å². The van der Waals surface area contributed by atoms with Crippen molar-refractivity contribution in [3.05, 3.63) is 27.7 Å². The van der Waals surface area contributed by atoms with Crippen LogP contribution in [0.1, 0.15) is 19.4 Å². The van der Waals surface area contributed by atoms with Crippen molar-refractivity contribution >= 4 is 33.3 Å². The van der Waals surface area contributed by atoms with Gasteiger partial charge in [-0.3, -0.25) is 4.55 Å². The summed E-state index contributed by atoms with van der Waals surface area (Å²) in [5.41, 5.74) is 0.622. The van der Waals surface area contributed by atoms with Crippen molar-refractivity contribution in [2.24, 2.45) is 5.92 Å². The van der Waals surface area contributed by atoms with Crippen molar-refractivity contribution in [2.45, 2.75) is 25.2 Å². The highest BCUT2D eigenvalue weighted by molar-refractivity contribution is 7.86. The van der Waals surface area contributed by atoms with Gasteiger partial charge in [-0.25, -0.2) is 0 Å². The quantitative estimate of drug-likeness (QED) is 0.864. The standard InChI is InChI=1S/C10H12Cl2O3S/c1-6(2)3-7-4-8(11)5-9(10(7)12)16(13,14)15/h4-6H,3H2,1-2H3,(H,13,14,15). The van der Waals surface area contributed by atoms with Crippen molar-refractivity contribution in [3.63, 3.8) is 0 Å². The lowest BCUT2D eigenvalue weighted by Crippen LogP contribution is -2.03. The maximum absolute atomic E-state index is 11.1. The minimum atomic E-state index is -4.33. The highest BCUT2D eigenvalue weighted by Crippen LogP contribution is 2.30. The van der Waals surface area contributed by atoms with Gasteiger partial charge in [0.1, 0.15) is 4.90 Å². The molecule has 0 atom stereocenters. The predicted octanol–water partition coefficient (Wildman–Crippen LogP) is 3.44. The number of rotatable bonds is 3. The smallest absolute Gasteiger partial charge is 0.282 e. The Morgan fingerprint density at radius 2 is 1.88 bits per heavy atom. The molecule has 1 aromatic carbocycles. The third-order valence-corrected chi connectivity index (χ3v) is 3.64. The van der Waals surface area contributed by atoms with Crippen LogP contribution < -0.4 is 0 Å². The predicted molar refractivity (Wildman–Crippen MR) is 64.8 cm³/mol. The van der Waals surface area contributed by atoms with Gasteiger partial charge in [-0.2, -0.15) is 8.42 Å².